The summed E-state index contributed by atoms with van der Waals surface area (Å²) in [5.74, 6) is 0.448. The number of aromatic nitrogens is 1. The van der Waals surface area contributed by atoms with Crippen LogP contribution in [0.25, 0.3) is 0 Å². The van der Waals surface area contributed by atoms with E-state index in [4.69, 9.17) is 0 Å². The van der Waals surface area contributed by atoms with Gasteiger partial charge in [0.05, 0.1) is 39.7 Å². The van der Waals surface area contributed by atoms with Crippen molar-refractivity contribution in [2.75, 3.05) is 42.6 Å². The van der Waals surface area contributed by atoms with Gasteiger partial charge in [-0.1, -0.05) is 18.2 Å². The highest BCUT2D eigenvalue weighted by atomic mass is 32.2. The number of aliphatic hydroxyl groups excluding tert-OH is 2. The van der Waals surface area contributed by atoms with E-state index in [0.717, 1.165) is 5.69 Å². The molecule has 1 aromatic heterocycles. The van der Waals surface area contributed by atoms with Crippen LogP contribution in [-0.4, -0.2) is 83.4 Å². The molecule has 0 bridgehead atoms. The van der Waals surface area contributed by atoms with Gasteiger partial charge in [0.2, 0.25) is 0 Å². The van der Waals surface area contributed by atoms with E-state index in [1.807, 2.05) is 30.3 Å². The van der Waals surface area contributed by atoms with Gasteiger partial charge < -0.3 is 26.0 Å². The van der Waals surface area contributed by atoms with Crippen LogP contribution in [0.3, 0.4) is 0 Å². The molecule has 3 rings (SSSR count). The van der Waals surface area contributed by atoms with Crippen molar-refractivity contribution in [3.8, 4) is 6.07 Å². The van der Waals surface area contributed by atoms with Gasteiger partial charge in [0.1, 0.15) is 11.8 Å². The Morgan fingerprint density at radius 3 is 2.25 bits per heavy atom. The fraction of sp³-hybridized carbons (Fsp3) is 0.419. The summed E-state index contributed by atoms with van der Waals surface area (Å²) in [5.41, 5.74) is 1.19. The molecule has 1 heterocycles. The highest BCUT2D eigenvalue weighted by Crippen LogP contribution is 2.36. The number of nitrogens with one attached hydrogen (secondary N) is 2. The zero-order valence-electron chi connectivity index (χ0n) is 25.7. The Balaban J connectivity index is 1.85. The Labute approximate surface area is 259 Å². The zero-order valence-corrected chi connectivity index (χ0v) is 26.5. The van der Waals surface area contributed by atoms with E-state index in [2.05, 4.69) is 31.9 Å². The van der Waals surface area contributed by atoms with E-state index in [9.17, 15) is 29.0 Å². The van der Waals surface area contributed by atoms with Crippen molar-refractivity contribution in [2.24, 2.45) is 10.2 Å². The number of benzene rings is 2. The molecule has 5 N–H and O–H groups in total. The molecule has 2 aromatic carbocycles. The molecule has 3 aromatic rings. The normalized spacial score (nSPS) is 13.5. The molecule has 0 spiro atoms. The van der Waals surface area contributed by atoms with Crippen LogP contribution in [0, 0.1) is 18.3 Å². The van der Waals surface area contributed by atoms with Gasteiger partial charge in [0, 0.05) is 37.4 Å². The van der Waals surface area contributed by atoms with Crippen LogP contribution >= 0.6 is 0 Å². The summed E-state index contributed by atoms with van der Waals surface area (Å²) in [5, 5.41) is 54.6. The maximum atomic E-state index is 13.0. The number of hydrogen-bond donors (Lipinski definition) is 5. The fourth-order valence-electron chi connectivity index (χ4n) is 4.42. The molecule has 0 aliphatic rings. The summed E-state index contributed by atoms with van der Waals surface area (Å²) in [4.78, 5) is 6.41. The number of para-hydroxylation sites is 1. The lowest BCUT2D eigenvalue weighted by Crippen LogP contribution is -2.43. The van der Waals surface area contributed by atoms with Crippen molar-refractivity contribution in [1.29, 1.82) is 5.26 Å². The third-order valence-corrected chi connectivity index (χ3v) is 8.11. The van der Waals surface area contributed by atoms with Crippen LogP contribution in [0.2, 0.25) is 0 Å². The maximum Gasteiger partial charge on any atom is 0.179 e. The van der Waals surface area contributed by atoms with Crippen LogP contribution < -0.4 is 10.6 Å². The second-order valence-electron chi connectivity index (χ2n) is 11.4. The molecule has 0 aliphatic carbocycles. The first-order chi connectivity index (χ1) is 20.7. The molecular formula is C31H41N7O5S. The largest absolute Gasteiger partial charge is 0.392 e. The minimum absolute atomic E-state index is 0.108. The summed E-state index contributed by atoms with van der Waals surface area (Å²) in [7, 11) is -3.66. The lowest BCUT2D eigenvalue weighted by molar-refractivity contribution is 0.0236. The van der Waals surface area contributed by atoms with E-state index in [-0.39, 0.29) is 42.4 Å². The molecule has 13 heteroatoms. The zero-order chi connectivity index (χ0) is 32.5. The fourth-order valence-corrected chi connectivity index (χ4v) is 5.71. The molecule has 2 unspecified atom stereocenters. The quantitative estimate of drug-likeness (QED) is 0.152. The Hall–Kier alpha value is -3.93. The minimum atomic E-state index is -3.66. The lowest BCUT2D eigenvalue weighted by Gasteiger charge is -2.29. The highest BCUT2D eigenvalue weighted by Gasteiger charge is 2.23. The van der Waals surface area contributed by atoms with Gasteiger partial charge in [-0.3, -0.25) is 4.90 Å². The number of anilines is 3. The first kappa shape index (κ1) is 34.6. The van der Waals surface area contributed by atoms with Crippen molar-refractivity contribution in [2.45, 2.75) is 57.3 Å². The smallest absolute Gasteiger partial charge is 0.179 e. The molecule has 44 heavy (non-hydrogen) atoms. The van der Waals surface area contributed by atoms with Crippen LogP contribution in [-0.2, 0) is 9.84 Å². The predicted molar refractivity (Wildman–Crippen MR) is 171 cm³/mol. The first-order valence-corrected chi connectivity index (χ1v) is 15.9. The number of rotatable bonds is 15. The van der Waals surface area contributed by atoms with E-state index < -0.39 is 27.6 Å². The molecule has 0 saturated heterocycles. The van der Waals surface area contributed by atoms with Gasteiger partial charge in [-0.25, -0.2) is 13.4 Å². The SMILES string of the molecule is Cc1c(C#N)c(Nc2ccccc2)nc(NCC(C)O)c1N=Nc1ccc(S(=O)(=O)CCN(CC(C)O)CC(C)(C)O)cc1. The average Bonchev–Trinajstić information content (AvgIpc) is 2.94. The summed E-state index contributed by atoms with van der Waals surface area (Å²) in [6.45, 7) is 9.00. The monoisotopic (exact) mass is 623 g/mol. The van der Waals surface area contributed by atoms with E-state index in [1.54, 1.807) is 39.5 Å². The molecule has 0 fully saturated rings. The van der Waals surface area contributed by atoms with Gasteiger partial charge >= 0.3 is 0 Å². The number of azo groups is 1. The minimum Gasteiger partial charge on any atom is -0.392 e. The molecule has 236 valence electrons. The van der Waals surface area contributed by atoms with Crippen LogP contribution in [0.4, 0.5) is 28.7 Å². The Kier molecular flexibility index (Phi) is 11.9. The summed E-state index contributed by atoms with van der Waals surface area (Å²) < 4.78 is 26.1. The van der Waals surface area contributed by atoms with E-state index >= 15 is 0 Å². The van der Waals surface area contributed by atoms with Crippen molar-refractivity contribution in [1.82, 2.24) is 9.88 Å². The molecule has 0 aliphatic heterocycles. The molecule has 12 nitrogen and oxygen atoms in total. The maximum absolute atomic E-state index is 13.0. The number of nitriles is 1. The Bertz CT molecular complexity index is 1560. The van der Waals surface area contributed by atoms with Crippen molar-refractivity contribution in [3.05, 3.63) is 65.7 Å². The topological polar surface area (TPSA) is 184 Å². The first-order valence-electron chi connectivity index (χ1n) is 14.2. The Morgan fingerprint density at radius 2 is 1.68 bits per heavy atom. The van der Waals surface area contributed by atoms with E-state index in [0.29, 0.717) is 28.6 Å². The standard InChI is InChI=1S/C31H41N7O5S/c1-21(39)18-33-30-28(23(3)27(17-32)29(35-30)34-24-9-7-6-8-10-24)37-36-25-11-13-26(14-12-25)44(42,43)16-15-38(19-22(2)40)20-31(4,5)41/h6-14,21-22,39-41H,15-16,18-20H2,1-5H3,(H2,33,34,35). The van der Waals surface area contributed by atoms with Crippen molar-refractivity contribution < 1.29 is 23.7 Å². The van der Waals surface area contributed by atoms with Crippen molar-refractivity contribution in [3.63, 3.8) is 0 Å². The van der Waals surface area contributed by atoms with Crippen LogP contribution in [0.15, 0.2) is 69.7 Å². The number of hydrogen-bond acceptors (Lipinski definition) is 12. The molecular weight excluding hydrogens is 582 g/mol. The summed E-state index contributed by atoms with van der Waals surface area (Å²) in [6.07, 6.45) is -1.35. The third kappa shape index (κ3) is 10.4. The van der Waals surface area contributed by atoms with Crippen LogP contribution in [0.5, 0.6) is 0 Å². The Morgan fingerprint density at radius 1 is 1.02 bits per heavy atom. The number of aliphatic hydroxyl groups is 3. The number of pyridine rings is 1. The second kappa shape index (κ2) is 15.2. The highest BCUT2D eigenvalue weighted by molar-refractivity contribution is 7.91. The van der Waals surface area contributed by atoms with E-state index in [1.165, 1.54) is 24.3 Å². The summed E-state index contributed by atoms with van der Waals surface area (Å²) >= 11 is 0. The van der Waals surface area contributed by atoms with Gasteiger partial charge in [-0.05, 0) is 71.0 Å². The number of nitrogens with zero attached hydrogens (tertiary/aromatic N) is 5. The van der Waals surface area contributed by atoms with Gasteiger partial charge in [-0.15, -0.1) is 5.11 Å². The van der Waals surface area contributed by atoms with Gasteiger partial charge in [0.15, 0.2) is 21.5 Å². The molecule has 0 saturated carbocycles. The van der Waals surface area contributed by atoms with Crippen LogP contribution in [0.1, 0.15) is 38.8 Å². The van der Waals surface area contributed by atoms with Crippen molar-refractivity contribution >= 4 is 38.5 Å². The molecule has 2 atom stereocenters. The van der Waals surface area contributed by atoms with Gasteiger partial charge in [0.25, 0.3) is 0 Å². The number of sulfone groups is 1. The molecule has 0 radical (unpaired) electrons. The van der Waals surface area contributed by atoms with Gasteiger partial charge in [-0.2, -0.15) is 10.4 Å². The summed E-state index contributed by atoms with van der Waals surface area (Å²) in [6, 6.07) is 17.4. The molecule has 0 amide bonds. The predicted octanol–water partition coefficient (Wildman–Crippen LogP) is 4.44. The second-order valence-corrected chi connectivity index (χ2v) is 13.5. The third-order valence-electron chi connectivity index (χ3n) is 6.40. The lowest BCUT2D eigenvalue weighted by atomic mass is 10.1. The average molecular weight is 624 g/mol.